The zero-order valence-electron chi connectivity index (χ0n) is 19.5. The van der Waals surface area contributed by atoms with Gasteiger partial charge in [-0.25, -0.2) is 0 Å². The first-order valence-corrected chi connectivity index (χ1v) is 11.3. The summed E-state index contributed by atoms with van der Waals surface area (Å²) in [4.78, 5) is 27.4. The highest BCUT2D eigenvalue weighted by Crippen LogP contribution is 2.23. The number of aryl methyl sites for hydroxylation is 1. The van der Waals surface area contributed by atoms with Crippen molar-refractivity contribution in [1.29, 1.82) is 0 Å². The third kappa shape index (κ3) is 7.70. The van der Waals surface area contributed by atoms with Crippen molar-refractivity contribution in [3.8, 4) is 0 Å². The van der Waals surface area contributed by atoms with Crippen LogP contribution in [0, 0.1) is 0 Å². The maximum absolute atomic E-state index is 13.2. The first-order valence-electron chi connectivity index (χ1n) is 10.9. The van der Waals surface area contributed by atoms with Gasteiger partial charge in [0, 0.05) is 24.0 Å². The minimum absolute atomic E-state index is 0.0174. The molecule has 2 aromatic rings. The molecule has 0 radical (unpaired) electrons. The van der Waals surface area contributed by atoms with Gasteiger partial charge in [0.1, 0.15) is 6.04 Å². The van der Waals surface area contributed by atoms with E-state index in [9.17, 15) is 9.59 Å². The van der Waals surface area contributed by atoms with Gasteiger partial charge in [-0.1, -0.05) is 68.8 Å². The molecule has 0 saturated carbocycles. The van der Waals surface area contributed by atoms with E-state index in [-0.39, 0.29) is 23.3 Å². The highest BCUT2D eigenvalue weighted by Gasteiger charge is 2.26. The van der Waals surface area contributed by atoms with Crippen molar-refractivity contribution in [3.05, 3.63) is 70.2 Å². The monoisotopic (exact) mass is 442 g/mol. The Bertz CT molecular complexity index is 868. The molecule has 0 bridgehead atoms. The highest BCUT2D eigenvalue weighted by molar-refractivity contribution is 6.30. The molecule has 0 aliphatic heterocycles. The molecular formula is C26H35ClN2O2. The predicted octanol–water partition coefficient (Wildman–Crippen LogP) is 5.51. The largest absolute Gasteiger partial charge is 0.352 e. The Morgan fingerprint density at radius 3 is 2.00 bits per heavy atom. The van der Waals surface area contributed by atoms with Crippen molar-refractivity contribution < 1.29 is 9.59 Å². The van der Waals surface area contributed by atoms with Gasteiger partial charge in [0.15, 0.2) is 0 Å². The molecule has 1 atom stereocenters. The first kappa shape index (κ1) is 24.9. The van der Waals surface area contributed by atoms with Gasteiger partial charge >= 0.3 is 0 Å². The van der Waals surface area contributed by atoms with E-state index in [4.69, 9.17) is 11.6 Å². The standard InChI is InChI=1S/C26H35ClN2O2/c1-18(2)28-25(31)19(3)29(17-21-9-14-23(27)15-10-21)24(30)16-11-20-7-12-22(13-8-20)26(4,5)6/h7-10,12-15,18-19H,11,16-17H2,1-6H3,(H,28,31)/t19-/m1/s1. The summed E-state index contributed by atoms with van der Waals surface area (Å²) in [5, 5.41) is 3.56. The molecule has 1 N–H and O–H groups in total. The molecule has 168 valence electrons. The minimum atomic E-state index is -0.561. The summed E-state index contributed by atoms with van der Waals surface area (Å²) in [7, 11) is 0. The van der Waals surface area contributed by atoms with E-state index in [0.29, 0.717) is 24.4 Å². The van der Waals surface area contributed by atoms with E-state index in [0.717, 1.165) is 11.1 Å². The van der Waals surface area contributed by atoms with Crippen LogP contribution in [0.5, 0.6) is 0 Å². The van der Waals surface area contributed by atoms with E-state index >= 15 is 0 Å². The van der Waals surface area contributed by atoms with Gasteiger partial charge in [-0.2, -0.15) is 0 Å². The Kier molecular flexibility index (Phi) is 8.69. The fourth-order valence-electron chi connectivity index (χ4n) is 3.34. The van der Waals surface area contributed by atoms with Crippen molar-refractivity contribution in [3.63, 3.8) is 0 Å². The number of hydrogen-bond acceptors (Lipinski definition) is 2. The summed E-state index contributed by atoms with van der Waals surface area (Å²) in [6.45, 7) is 12.5. The number of nitrogens with one attached hydrogen (secondary N) is 1. The lowest BCUT2D eigenvalue weighted by molar-refractivity contribution is -0.140. The number of carbonyl (C=O) groups excluding carboxylic acids is 2. The quantitative estimate of drug-likeness (QED) is 0.585. The van der Waals surface area contributed by atoms with Gasteiger partial charge in [-0.05, 0) is 61.4 Å². The summed E-state index contributed by atoms with van der Waals surface area (Å²) >= 11 is 5.99. The molecular weight excluding hydrogens is 408 g/mol. The van der Waals surface area contributed by atoms with Crippen molar-refractivity contribution >= 4 is 23.4 Å². The lowest BCUT2D eigenvalue weighted by Gasteiger charge is -2.29. The molecule has 0 spiro atoms. The maximum Gasteiger partial charge on any atom is 0.242 e. The average Bonchev–Trinajstić information content (AvgIpc) is 2.70. The fourth-order valence-corrected chi connectivity index (χ4v) is 3.47. The molecule has 0 aliphatic carbocycles. The third-order valence-electron chi connectivity index (χ3n) is 5.31. The second-order valence-electron chi connectivity index (χ2n) is 9.43. The van der Waals surface area contributed by atoms with Crippen LogP contribution in [0.15, 0.2) is 48.5 Å². The van der Waals surface area contributed by atoms with E-state index in [1.165, 1.54) is 5.56 Å². The van der Waals surface area contributed by atoms with Gasteiger partial charge in [-0.3, -0.25) is 9.59 Å². The number of hydrogen-bond donors (Lipinski definition) is 1. The van der Waals surface area contributed by atoms with Crippen LogP contribution >= 0.6 is 11.6 Å². The van der Waals surface area contributed by atoms with E-state index < -0.39 is 6.04 Å². The number of amides is 2. The van der Waals surface area contributed by atoms with Crippen molar-refractivity contribution in [1.82, 2.24) is 10.2 Å². The highest BCUT2D eigenvalue weighted by atomic mass is 35.5. The molecule has 0 aromatic heterocycles. The Morgan fingerprint density at radius 1 is 0.935 bits per heavy atom. The minimum Gasteiger partial charge on any atom is -0.352 e. The fraction of sp³-hybridized carbons (Fsp3) is 0.462. The number of halogens is 1. The topological polar surface area (TPSA) is 49.4 Å². The van der Waals surface area contributed by atoms with Crippen LogP contribution in [0.2, 0.25) is 5.02 Å². The van der Waals surface area contributed by atoms with Crippen molar-refractivity contribution in [2.24, 2.45) is 0 Å². The molecule has 5 heteroatoms. The second-order valence-corrected chi connectivity index (χ2v) is 9.87. The Morgan fingerprint density at radius 2 is 1.48 bits per heavy atom. The molecule has 4 nitrogen and oxygen atoms in total. The Labute approximate surface area is 192 Å². The zero-order chi connectivity index (χ0) is 23.2. The van der Waals surface area contributed by atoms with Crippen LogP contribution in [0.1, 0.15) is 64.7 Å². The lowest BCUT2D eigenvalue weighted by atomic mass is 9.86. The zero-order valence-corrected chi connectivity index (χ0v) is 20.3. The lowest BCUT2D eigenvalue weighted by Crippen LogP contribution is -2.49. The molecule has 2 aromatic carbocycles. The van der Waals surface area contributed by atoms with Crippen LogP contribution in [0.4, 0.5) is 0 Å². The Hall–Kier alpha value is -2.33. The smallest absolute Gasteiger partial charge is 0.242 e. The summed E-state index contributed by atoms with van der Waals surface area (Å²) in [6, 6.07) is 15.3. The normalized spacial score (nSPS) is 12.5. The number of carbonyl (C=O) groups is 2. The third-order valence-corrected chi connectivity index (χ3v) is 5.56. The first-order chi connectivity index (χ1) is 14.5. The van der Waals surface area contributed by atoms with E-state index in [1.54, 1.807) is 24.0 Å². The number of nitrogens with zero attached hydrogens (tertiary/aromatic N) is 1. The van der Waals surface area contributed by atoms with Crippen LogP contribution in [0.25, 0.3) is 0 Å². The number of rotatable bonds is 8. The molecule has 2 amide bonds. The molecule has 0 fully saturated rings. The van der Waals surface area contributed by atoms with Gasteiger partial charge in [0.05, 0.1) is 0 Å². The molecule has 2 rings (SSSR count). The molecule has 31 heavy (non-hydrogen) atoms. The predicted molar refractivity (Wildman–Crippen MR) is 128 cm³/mol. The van der Waals surface area contributed by atoms with Gasteiger partial charge in [-0.15, -0.1) is 0 Å². The van der Waals surface area contributed by atoms with E-state index in [2.05, 4.69) is 50.4 Å². The Balaban J connectivity index is 2.12. The van der Waals surface area contributed by atoms with Crippen LogP contribution in [-0.4, -0.2) is 28.8 Å². The summed E-state index contributed by atoms with van der Waals surface area (Å²) in [5.74, 6) is -0.187. The van der Waals surface area contributed by atoms with Gasteiger partial charge in [0.25, 0.3) is 0 Å². The van der Waals surface area contributed by atoms with Crippen LogP contribution in [0.3, 0.4) is 0 Å². The van der Waals surface area contributed by atoms with Crippen molar-refractivity contribution in [2.45, 2.75) is 78.4 Å². The average molecular weight is 443 g/mol. The SMILES string of the molecule is CC(C)NC(=O)[C@@H](C)N(Cc1ccc(Cl)cc1)C(=O)CCc1ccc(C(C)(C)C)cc1. The van der Waals surface area contributed by atoms with Crippen LogP contribution in [-0.2, 0) is 28.0 Å². The van der Waals surface area contributed by atoms with Crippen molar-refractivity contribution in [2.75, 3.05) is 0 Å². The van der Waals surface area contributed by atoms with Gasteiger partial charge in [0.2, 0.25) is 11.8 Å². The molecule has 0 saturated heterocycles. The van der Waals surface area contributed by atoms with Gasteiger partial charge < -0.3 is 10.2 Å². The second kappa shape index (κ2) is 10.8. The summed E-state index contributed by atoms with van der Waals surface area (Å²) in [6.07, 6.45) is 0.987. The summed E-state index contributed by atoms with van der Waals surface area (Å²) in [5.41, 5.74) is 3.43. The number of benzene rings is 2. The summed E-state index contributed by atoms with van der Waals surface area (Å²) < 4.78 is 0. The molecule has 0 heterocycles. The van der Waals surface area contributed by atoms with Crippen LogP contribution < -0.4 is 5.32 Å². The van der Waals surface area contributed by atoms with E-state index in [1.807, 2.05) is 26.0 Å². The molecule has 0 unspecified atom stereocenters. The maximum atomic E-state index is 13.2. The molecule has 0 aliphatic rings.